The van der Waals surface area contributed by atoms with Crippen molar-refractivity contribution in [1.29, 1.82) is 0 Å². The summed E-state index contributed by atoms with van der Waals surface area (Å²) >= 11 is -0.826. The average Bonchev–Trinajstić information content (AvgIpc) is 2.94. The molecule has 2 aliphatic rings. The van der Waals surface area contributed by atoms with Crippen molar-refractivity contribution < 1.29 is 19.3 Å². The minimum atomic E-state index is -0.826. The Morgan fingerprint density at radius 3 is 1.19 bits per heavy atom. The van der Waals surface area contributed by atoms with E-state index in [1.807, 2.05) is 24.3 Å². The number of nitrogens with zero attached hydrogens (tertiary/aromatic N) is 4. The normalized spacial score (nSPS) is 16.2. The van der Waals surface area contributed by atoms with Crippen LogP contribution in [-0.4, -0.2) is 81.3 Å². The number of halogens is 2. The maximum absolute atomic E-state index is 10.5. The van der Waals surface area contributed by atoms with Crippen molar-refractivity contribution in [2.45, 2.75) is 37.9 Å². The number of anilines is 2. The molecule has 0 N–H and O–H groups in total. The molecule has 10 nitrogen and oxygen atoms in total. The van der Waals surface area contributed by atoms with Crippen LogP contribution in [0.15, 0.2) is 48.5 Å². The molecule has 2 heterocycles. The average molecular weight is 662 g/mol. The molecule has 2 aromatic carbocycles. The first-order valence-corrected chi connectivity index (χ1v) is 19.1. The van der Waals surface area contributed by atoms with E-state index in [1.54, 1.807) is 38.5 Å². The molecule has 0 unspecified atom stereocenters. The van der Waals surface area contributed by atoms with Crippen LogP contribution in [0.5, 0.6) is 0 Å². The molecular weight excluding hydrogens is 630 g/mol. The number of benzene rings is 2. The van der Waals surface area contributed by atoms with E-state index in [1.165, 1.54) is 0 Å². The van der Waals surface area contributed by atoms with Crippen LogP contribution in [-0.2, 0) is 9.47 Å². The van der Waals surface area contributed by atoms with Gasteiger partial charge in [0, 0.05) is 76.0 Å². The summed E-state index contributed by atoms with van der Waals surface area (Å²) in [6.45, 7) is 3.76. The van der Waals surface area contributed by atoms with Gasteiger partial charge in [-0.25, -0.2) is 0 Å². The summed E-state index contributed by atoms with van der Waals surface area (Å²) in [5.41, 5.74) is 2.37. The summed E-state index contributed by atoms with van der Waals surface area (Å²) in [4.78, 5) is 24.8. The third-order valence-electron chi connectivity index (χ3n) is 6.40. The van der Waals surface area contributed by atoms with Gasteiger partial charge in [-0.15, -0.1) is 0 Å². The molecule has 4 rings (SSSR count). The Morgan fingerprint density at radius 2 is 0.973 bits per heavy atom. The van der Waals surface area contributed by atoms with Crippen molar-refractivity contribution in [2.24, 2.45) is 0 Å². The topological polar surface area (TPSA) is 111 Å². The van der Waals surface area contributed by atoms with Gasteiger partial charge in [0.25, 0.3) is 11.4 Å². The number of hydrogen-bond donors (Lipinski definition) is 0. The molecule has 13 heteroatoms. The Bertz CT molecular complexity index is 877. The molecule has 2 aliphatic heterocycles. The van der Waals surface area contributed by atoms with Crippen LogP contribution < -0.4 is 9.80 Å². The van der Waals surface area contributed by atoms with E-state index in [0.717, 1.165) is 63.2 Å². The molecule has 2 fully saturated rings. The first kappa shape index (κ1) is 31.4. The Labute approximate surface area is 234 Å². The number of ether oxygens (including phenoxy) is 2. The third-order valence-corrected chi connectivity index (χ3v) is 6.40. The first-order chi connectivity index (χ1) is 17.8. The Hall–Kier alpha value is -1.86. The van der Waals surface area contributed by atoms with Crippen molar-refractivity contribution in [3.63, 3.8) is 0 Å². The van der Waals surface area contributed by atoms with Crippen LogP contribution in [0.3, 0.4) is 0 Å². The van der Waals surface area contributed by atoms with Gasteiger partial charge in [0.1, 0.15) is 0 Å². The zero-order valence-corrected chi connectivity index (χ0v) is 25.3. The standard InChI is InChI=1S/2C12H16N2O3.2ClH.Sn/c2*1-17-12-6-8-13(9-7-12)10-2-4-11(5-3-10)14(15)16;;;/h2*2-5,12H,6-9H2,1H3;2*1H;/q;;;;+2/p-2. The molecule has 0 bridgehead atoms. The summed E-state index contributed by atoms with van der Waals surface area (Å²) < 4.78 is 10.6. The molecule has 0 amide bonds. The van der Waals surface area contributed by atoms with E-state index in [2.05, 4.69) is 9.80 Å². The summed E-state index contributed by atoms with van der Waals surface area (Å²) in [6.07, 6.45) is 4.73. The van der Waals surface area contributed by atoms with Crippen molar-refractivity contribution in [2.75, 3.05) is 50.2 Å². The summed E-state index contributed by atoms with van der Waals surface area (Å²) in [6, 6.07) is 13.5. The number of hydrogen-bond acceptors (Lipinski definition) is 8. The number of nitro benzene ring substituents is 2. The van der Waals surface area contributed by atoms with Gasteiger partial charge < -0.3 is 19.3 Å². The molecule has 0 saturated carbocycles. The summed E-state index contributed by atoms with van der Waals surface area (Å²) in [5.74, 6) is 0. The van der Waals surface area contributed by atoms with Crippen LogP contribution >= 0.6 is 17.8 Å². The van der Waals surface area contributed by atoms with Crippen molar-refractivity contribution in [3.8, 4) is 0 Å². The van der Waals surface area contributed by atoms with Gasteiger partial charge in [-0.3, -0.25) is 20.2 Å². The number of methoxy groups -OCH3 is 2. The van der Waals surface area contributed by atoms with Gasteiger partial charge in [0.2, 0.25) is 0 Å². The van der Waals surface area contributed by atoms with E-state index in [9.17, 15) is 20.2 Å². The zero-order valence-electron chi connectivity index (χ0n) is 20.9. The van der Waals surface area contributed by atoms with Crippen molar-refractivity contribution >= 4 is 59.5 Å². The fourth-order valence-electron chi connectivity index (χ4n) is 4.27. The molecule has 2 saturated heterocycles. The SMILES string of the molecule is COC1CCN(c2ccc([N+](=O)[O-])cc2)CC1.COC1CCN(c2ccc([N+](=O)[O-])cc2)CC1.[Cl][Sn][Cl]. The predicted octanol–water partition coefficient (Wildman–Crippen LogP) is 5.42. The quantitative estimate of drug-likeness (QED) is 0.229. The fraction of sp³-hybridized carbons (Fsp3) is 0.500. The van der Waals surface area contributed by atoms with Crippen LogP contribution in [0.4, 0.5) is 22.7 Å². The van der Waals surface area contributed by atoms with Crippen LogP contribution in [0, 0.1) is 20.2 Å². The third kappa shape index (κ3) is 10.4. The number of nitro groups is 2. The van der Waals surface area contributed by atoms with Gasteiger partial charge in [0.05, 0.1) is 22.1 Å². The van der Waals surface area contributed by atoms with E-state index in [0.29, 0.717) is 12.2 Å². The Balaban J connectivity index is 0.000000235. The van der Waals surface area contributed by atoms with Crippen molar-refractivity contribution in [3.05, 3.63) is 68.8 Å². The van der Waals surface area contributed by atoms with Gasteiger partial charge in [-0.2, -0.15) is 0 Å². The fourth-order valence-corrected chi connectivity index (χ4v) is 4.27. The second-order valence-corrected chi connectivity index (χ2v) is 12.7. The van der Waals surface area contributed by atoms with E-state index >= 15 is 0 Å². The maximum atomic E-state index is 10.5. The number of non-ortho nitro benzene ring substituents is 2. The molecule has 2 radical (unpaired) electrons. The molecule has 0 aromatic heterocycles. The number of piperidine rings is 2. The van der Waals surface area contributed by atoms with Gasteiger partial charge in [0.15, 0.2) is 0 Å². The van der Waals surface area contributed by atoms with Crippen molar-refractivity contribution in [1.82, 2.24) is 0 Å². The number of rotatable bonds is 6. The molecule has 0 aliphatic carbocycles. The second-order valence-electron chi connectivity index (χ2n) is 8.46. The second kappa shape index (κ2) is 16.9. The van der Waals surface area contributed by atoms with Crippen LogP contribution in [0.1, 0.15) is 25.7 Å². The first-order valence-electron chi connectivity index (χ1n) is 11.8. The monoisotopic (exact) mass is 662 g/mol. The van der Waals surface area contributed by atoms with Gasteiger partial charge in [-0.1, -0.05) is 0 Å². The molecule has 2 aromatic rings. The molecule has 0 atom stereocenters. The van der Waals surface area contributed by atoms with E-state index in [4.69, 9.17) is 27.3 Å². The summed E-state index contributed by atoms with van der Waals surface area (Å²) in [5, 5.41) is 21.1. The predicted molar refractivity (Wildman–Crippen MR) is 148 cm³/mol. The molecule has 202 valence electrons. The molecule has 0 spiro atoms. The Morgan fingerprint density at radius 1 is 0.703 bits per heavy atom. The Kier molecular flexibility index (Phi) is 14.3. The van der Waals surface area contributed by atoms with Crippen LogP contribution in [0.2, 0.25) is 0 Å². The molecular formula is C24H32Cl2N4O6Sn. The van der Waals surface area contributed by atoms with E-state index in [-0.39, 0.29) is 21.2 Å². The van der Waals surface area contributed by atoms with Gasteiger partial charge >= 0.3 is 36.7 Å². The van der Waals surface area contributed by atoms with Gasteiger partial charge in [-0.05, 0) is 49.9 Å². The minimum absolute atomic E-state index is 0.139. The zero-order chi connectivity index (χ0) is 27.2. The van der Waals surface area contributed by atoms with Crippen LogP contribution in [0.25, 0.3) is 0 Å². The summed E-state index contributed by atoms with van der Waals surface area (Å²) in [7, 11) is 13.4. The molecule has 37 heavy (non-hydrogen) atoms. The van der Waals surface area contributed by atoms with E-state index < -0.39 is 18.9 Å².